The Balaban J connectivity index is 1.95. The van der Waals surface area contributed by atoms with E-state index in [2.05, 4.69) is 11.1 Å². The minimum atomic E-state index is -0.0163. The summed E-state index contributed by atoms with van der Waals surface area (Å²) in [6, 6.07) is 13.9. The SMILES string of the molecule is COc1cccc(CCC(N)c2ccccn2)c1. The van der Waals surface area contributed by atoms with E-state index in [0.717, 1.165) is 24.3 Å². The molecule has 0 aliphatic rings. The first-order valence-corrected chi connectivity index (χ1v) is 6.09. The van der Waals surface area contributed by atoms with Gasteiger partial charge >= 0.3 is 0 Å². The Labute approximate surface area is 108 Å². The standard InChI is InChI=1S/C15H18N2O/c1-18-13-6-4-5-12(11-13)8-9-14(16)15-7-2-3-10-17-15/h2-7,10-11,14H,8-9,16H2,1H3. The highest BCUT2D eigenvalue weighted by Gasteiger charge is 2.07. The lowest BCUT2D eigenvalue weighted by Gasteiger charge is -2.11. The first-order chi connectivity index (χ1) is 8.79. The Kier molecular flexibility index (Phi) is 4.31. The van der Waals surface area contributed by atoms with E-state index in [4.69, 9.17) is 10.5 Å². The van der Waals surface area contributed by atoms with Crippen molar-refractivity contribution in [3.05, 3.63) is 59.9 Å². The molecule has 0 saturated heterocycles. The van der Waals surface area contributed by atoms with Crippen molar-refractivity contribution in [3.63, 3.8) is 0 Å². The maximum atomic E-state index is 6.12. The van der Waals surface area contributed by atoms with Crippen LogP contribution in [0.1, 0.15) is 23.7 Å². The Morgan fingerprint density at radius 3 is 2.83 bits per heavy atom. The fourth-order valence-electron chi connectivity index (χ4n) is 1.89. The van der Waals surface area contributed by atoms with Crippen molar-refractivity contribution in [2.75, 3.05) is 7.11 Å². The fourth-order valence-corrected chi connectivity index (χ4v) is 1.89. The quantitative estimate of drug-likeness (QED) is 0.877. The van der Waals surface area contributed by atoms with Crippen LogP contribution in [0.5, 0.6) is 5.75 Å². The molecule has 2 rings (SSSR count). The number of benzene rings is 1. The summed E-state index contributed by atoms with van der Waals surface area (Å²) in [6.45, 7) is 0. The average molecular weight is 242 g/mol. The van der Waals surface area contributed by atoms with Gasteiger partial charge in [0.2, 0.25) is 0 Å². The Morgan fingerprint density at radius 2 is 2.11 bits per heavy atom. The smallest absolute Gasteiger partial charge is 0.119 e. The summed E-state index contributed by atoms with van der Waals surface area (Å²) in [6.07, 6.45) is 3.58. The monoisotopic (exact) mass is 242 g/mol. The van der Waals surface area contributed by atoms with Crippen LogP contribution in [0.4, 0.5) is 0 Å². The number of aromatic nitrogens is 1. The minimum absolute atomic E-state index is 0.0163. The fraction of sp³-hybridized carbons (Fsp3) is 0.267. The van der Waals surface area contributed by atoms with Gasteiger partial charge in [0, 0.05) is 12.2 Å². The Bertz CT molecular complexity index is 485. The van der Waals surface area contributed by atoms with Gasteiger partial charge in [-0.1, -0.05) is 18.2 Å². The lowest BCUT2D eigenvalue weighted by atomic mass is 10.0. The first-order valence-electron chi connectivity index (χ1n) is 6.09. The summed E-state index contributed by atoms with van der Waals surface area (Å²) in [7, 11) is 1.68. The van der Waals surface area contributed by atoms with Crippen LogP contribution in [0, 0.1) is 0 Å². The average Bonchev–Trinajstić information content (AvgIpc) is 2.46. The molecule has 0 aliphatic heterocycles. The second-order valence-electron chi connectivity index (χ2n) is 4.25. The zero-order valence-electron chi connectivity index (χ0n) is 10.5. The zero-order valence-corrected chi connectivity index (χ0v) is 10.5. The van der Waals surface area contributed by atoms with Crippen LogP contribution < -0.4 is 10.5 Å². The molecule has 1 atom stereocenters. The number of hydrogen-bond acceptors (Lipinski definition) is 3. The molecule has 0 spiro atoms. The number of aryl methyl sites for hydroxylation is 1. The summed E-state index contributed by atoms with van der Waals surface area (Å²) >= 11 is 0. The molecule has 1 unspecified atom stereocenters. The van der Waals surface area contributed by atoms with Crippen molar-refractivity contribution in [1.29, 1.82) is 0 Å². The summed E-state index contributed by atoms with van der Waals surface area (Å²) in [5, 5.41) is 0. The number of nitrogens with zero attached hydrogens (tertiary/aromatic N) is 1. The van der Waals surface area contributed by atoms with Crippen molar-refractivity contribution in [3.8, 4) is 5.75 Å². The van der Waals surface area contributed by atoms with Gasteiger partial charge in [-0.3, -0.25) is 4.98 Å². The molecule has 2 aromatic rings. The number of rotatable bonds is 5. The molecule has 94 valence electrons. The van der Waals surface area contributed by atoms with Gasteiger partial charge in [-0.15, -0.1) is 0 Å². The molecule has 3 heteroatoms. The molecular formula is C15H18N2O. The van der Waals surface area contributed by atoms with E-state index >= 15 is 0 Å². The summed E-state index contributed by atoms with van der Waals surface area (Å²) < 4.78 is 5.20. The summed E-state index contributed by atoms with van der Waals surface area (Å²) in [4.78, 5) is 4.27. The molecule has 0 fully saturated rings. The Hall–Kier alpha value is -1.87. The van der Waals surface area contributed by atoms with Gasteiger partial charge in [0.25, 0.3) is 0 Å². The second kappa shape index (κ2) is 6.17. The molecule has 18 heavy (non-hydrogen) atoms. The van der Waals surface area contributed by atoms with E-state index in [1.165, 1.54) is 5.56 Å². The van der Waals surface area contributed by atoms with Gasteiger partial charge < -0.3 is 10.5 Å². The number of pyridine rings is 1. The largest absolute Gasteiger partial charge is 0.497 e. The molecule has 1 aromatic heterocycles. The highest BCUT2D eigenvalue weighted by atomic mass is 16.5. The van der Waals surface area contributed by atoms with Gasteiger partial charge in [-0.25, -0.2) is 0 Å². The van der Waals surface area contributed by atoms with E-state index < -0.39 is 0 Å². The molecule has 2 N–H and O–H groups in total. The third kappa shape index (κ3) is 3.31. The van der Waals surface area contributed by atoms with Gasteiger partial charge in [-0.2, -0.15) is 0 Å². The van der Waals surface area contributed by atoms with Crippen LogP contribution in [0.15, 0.2) is 48.7 Å². The van der Waals surface area contributed by atoms with Gasteiger partial charge in [0.15, 0.2) is 0 Å². The van der Waals surface area contributed by atoms with E-state index in [1.807, 2.05) is 36.4 Å². The van der Waals surface area contributed by atoms with Crippen molar-refractivity contribution >= 4 is 0 Å². The van der Waals surface area contributed by atoms with Crippen LogP contribution in [0.3, 0.4) is 0 Å². The van der Waals surface area contributed by atoms with Crippen molar-refractivity contribution in [2.24, 2.45) is 5.73 Å². The molecule has 0 radical (unpaired) electrons. The van der Waals surface area contributed by atoms with E-state index in [1.54, 1.807) is 13.3 Å². The maximum Gasteiger partial charge on any atom is 0.119 e. The minimum Gasteiger partial charge on any atom is -0.497 e. The number of ether oxygens (including phenoxy) is 1. The van der Waals surface area contributed by atoms with Crippen molar-refractivity contribution in [2.45, 2.75) is 18.9 Å². The van der Waals surface area contributed by atoms with Crippen LogP contribution in [-0.4, -0.2) is 12.1 Å². The van der Waals surface area contributed by atoms with E-state index in [9.17, 15) is 0 Å². The summed E-state index contributed by atoms with van der Waals surface area (Å²) in [5.74, 6) is 0.888. The molecule has 0 saturated carbocycles. The molecule has 1 heterocycles. The summed E-state index contributed by atoms with van der Waals surface area (Å²) in [5.41, 5.74) is 8.30. The normalized spacial score (nSPS) is 12.1. The molecule has 1 aromatic carbocycles. The third-order valence-electron chi connectivity index (χ3n) is 2.95. The van der Waals surface area contributed by atoms with Crippen LogP contribution in [-0.2, 0) is 6.42 Å². The predicted octanol–water partition coefficient (Wildman–Crippen LogP) is 2.72. The highest BCUT2D eigenvalue weighted by Crippen LogP contribution is 2.18. The van der Waals surface area contributed by atoms with Crippen LogP contribution in [0.2, 0.25) is 0 Å². The number of hydrogen-bond donors (Lipinski definition) is 1. The number of nitrogens with two attached hydrogens (primary N) is 1. The van der Waals surface area contributed by atoms with Gasteiger partial charge in [0.05, 0.1) is 12.8 Å². The third-order valence-corrected chi connectivity index (χ3v) is 2.95. The second-order valence-corrected chi connectivity index (χ2v) is 4.25. The first kappa shape index (κ1) is 12.6. The lowest BCUT2D eigenvalue weighted by Crippen LogP contribution is -2.12. The number of methoxy groups -OCH3 is 1. The molecule has 3 nitrogen and oxygen atoms in total. The highest BCUT2D eigenvalue weighted by molar-refractivity contribution is 5.28. The topological polar surface area (TPSA) is 48.1 Å². The Morgan fingerprint density at radius 1 is 1.22 bits per heavy atom. The van der Waals surface area contributed by atoms with Crippen LogP contribution in [0.25, 0.3) is 0 Å². The lowest BCUT2D eigenvalue weighted by molar-refractivity contribution is 0.414. The van der Waals surface area contributed by atoms with E-state index in [0.29, 0.717) is 0 Å². The van der Waals surface area contributed by atoms with Gasteiger partial charge in [-0.05, 0) is 42.7 Å². The van der Waals surface area contributed by atoms with Crippen molar-refractivity contribution < 1.29 is 4.74 Å². The van der Waals surface area contributed by atoms with Gasteiger partial charge in [0.1, 0.15) is 5.75 Å². The predicted molar refractivity (Wildman–Crippen MR) is 72.5 cm³/mol. The van der Waals surface area contributed by atoms with Crippen LogP contribution >= 0.6 is 0 Å². The molecule has 0 bridgehead atoms. The van der Waals surface area contributed by atoms with E-state index in [-0.39, 0.29) is 6.04 Å². The molecule has 0 amide bonds. The maximum absolute atomic E-state index is 6.12. The molecular weight excluding hydrogens is 224 g/mol. The van der Waals surface area contributed by atoms with Crippen molar-refractivity contribution in [1.82, 2.24) is 4.98 Å². The molecule has 0 aliphatic carbocycles. The zero-order chi connectivity index (χ0) is 12.8.